The average Bonchev–Trinajstić information content (AvgIpc) is 3.35. The summed E-state index contributed by atoms with van der Waals surface area (Å²) in [5.74, 6) is -0.421. The number of ether oxygens (including phenoxy) is 1. The first kappa shape index (κ1) is 22.7. The molecule has 0 saturated carbocycles. The predicted molar refractivity (Wildman–Crippen MR) is 114 cm³/mol. The molecule has 2 N–H and O–H groups in total. The van der Waals surface area contributed by atoms with Crippen molar-refractivity contribution in [1.29, 1.82) is 0 Å². The van der Waals surface area contributed by atoms with E-state index in [4.69, 9.17) is 9.94 Å². The Kier molecular flexibility index (Phi) is 6.06. The molecular weight excluding hydrogens is 452 g/mol. The maximum absolute atomic E-state index is 13.3. The quantitative estimate of drug-likeness (QED) is 0.362. The number of hydrogen-bond acceptors (Lipinski definition) is 7. The fourth-order valence-corrected chi connectivity index (χ4v) is 5.62. The number of likely N-dealkylation sites (N-methyl/N-ethyl adjacent to an activating group) is 1. The number of carbonyl (C=O) groups excluding carboxylic acids is 3. The SMILES string of the molecule is CN1CC(=O)N([C@H]2C[C@H](C(=O)NO)N(S(=O)(=O)c3ccc(Oc4ccccc4)cc3)C2)C1=O. The normalized spacial score (nSPS) is 21.5. The molecule has 2 heterocycles. The van der Waals surface area contributed by atoms with Gasteiger partial charge >= 0.3 is 6.03 Å². The fraction of sp³-hybridized carbons (Fsp3) is 0.286. The van der Waals surface area contributed by atoms with Gasteiger partial charge in [-0.2, -0.15) is 4.31 Å². The minimum Gasteiger partial charge on any atom is -0.457 e. The largest absolute Gasteiger partial charge is 0.457 e. The molecule has 0 radical (unpaired) electrons. The Labute approximate surface area is 190 Å². The van der Waals surface area contributed by atoms with Gasteiger partial charge in [-0.1, -0.05) is 18.2 Å². The van der Waals surface area contributed by atoms with Crippen LogP contribution in [0, 0.1) is 0 Å². The van der Waals surface area contributed by atoms with E-state index in [2.05, 4.69) is 0 Å². The second-order valence-corrected chi connectivity index (χ2v) is 9.64. The molecule has 174 valence electrons. The van der Waals surface area contributed by atoms with Gasteiger partial charge in [0, 0.05) is 13.6 Å². The van der Waals surface area contributed by atoms with Crippen molar-refractivity contribution >= 4 is 27.9 Å². The van der Waals surface area contributed by atoms with Crippen molar-refractivity contribution in [3.8, 4) is 11.5 Å². The molecule has 2 saturated heterocycles. The highest BCUT2D eigenvalue weighted by molar-refractivity contribution is 7.89. The van der Waals surface area contributed by atoms with Gasteiger partial charge in [0.25, 0.3) is 11.8 Å². The Morgan fingerprint density at radius 1 is 1.06 bits per heavy atom. The van der Waals surface area contributed by atoms with Crippen molar-refractivity contribution < 1.29 is 32.7 Å². The Hall–Kier alpha value is -3.48. The number of benzene rings is 2. The van der Waals surface area contributed by atoms with Gasteiger partial charge in [-0.3, -0.25) is 19.7 Å². The van der Waals surface area contributed by atoms with Crippen molar-refractivity contribution in [1.82, 2.24) is 19.6 Å². The zero-order valence-corrected chi connectivity index (χ0v) is 18.4. The number of nitrogens with one attached hydrogen (secondary N) is 1. The summed E-state index contributed by atoms with van der Waals surface area (Å²) in [6.45, 7) is -0.393. The summed E-state index contributed by atoms with van der Waals surface area (Å²) in [7, 11) is -2.74. The molecule has 0 bridgehead atoms. The first-order valence-corrected chi connectivity index (χ1v) is 11.5. The van der Waals surface area contributed by atoms with Crippen LogP contribution in [0.15, 0.2) is 59.5 Å². The first-order valence-electron chi connectivity index (χ1n) is 10.1. The highest BCUT2D eigenvalue weighted by atomic mass is 32.2. The number of sulfonamides is 1. The number of nitrogens with zero attached hydrogens (tertiary/aromatic N) is 3. The number of para-hydroxylation sites is 1. The third-order valence-corrected chi connectivity index (χ3v) is 7.48. The van der Waals surface area contributed by atoms with Crippen molar-refractivity contribution in [2.45, 2.75) is 23.4 Å². The van der Waals surface area contributed by atoms with E-state index in [0.29, 0.717) is 11.5 Å². The highest BCUT2D eigenvalue weighted by Gasteiger charge is 2.50. The lowest BCUT2D eigenvalue weighted by atomic mass is 10.1. The molecular formula is C21H22N4O7S. The molecule has 0 unspecified atom stereocenters. The maximum Gasteiger partial charge on any atom is 0.327 e. The van der Waals surface area contributed by atoms with Gasteiger partial charge in [0.2, 0.25) is 10.0 Å². The lowest BCUT2D eigenvalue weighted by Crippen LogP contribution is -2.45. The maximum atomic E-state index is 13.3. The number of urea groups is 1. The minimum absolute atomic E-state index is 0.101. The molecule has 2 aromatic rings. The summed E-state index contributed by atoms with van der Waals surface area (Å²) in [5, 5.41) is 9.13. The second kappa shape index (κ2) is 8.81. The summed E-state index contributed by atoms with van der Waals surface area (Å²) >= 11 is 0. The average molecular weight is 474 g/mol. The van der Waals surface area contributed by atoms with Crippen molar-refractivity contribution in [2.75, 3.05) is 20.1 Å². The Morgan fingerprint density at radius 2 is 1.70 bits per heavy atom. The van der Waals surface area contributed by atoms with E-state index in [1.165, 1.54) is 41.7 Å². The van der Waals surface area contributed by atoms with Gasteiger partial charge in [0.05, 0.1) is 10.9 Å². The smallest absolute Gasteiger partial charge is 0.327 e. The lowest BCUT2D eigenvalue weighted by Gasteiger charge is -2.23. The standard InChI is InChI=1S/C21H22N4O7S/c1-23-13-19(26)25(21(23)28)14-11-18(20(27)22-29)24(12-14)33(30,31)17-9-7-16(8-10-17)32-15-5-3-2-4-6-15/h2-10,14,18,29H,11-13H2,1H3,(H,22,27)/t14-,18+/m0/s1. The van der Waals surface area contributed by atoms with E-state index in [9.17, 15) is 22.8 Å². The number of rotatable bonds is 6. The van der Waals surface area contributed by atoms with Crippen LogP contribution in [0.25, 0.3) is 0 Å². The molecule has 12 heteroatoms. The van der Waals surface area contributed by atoms with E-state index in [1.807, 2.05) is 6.07 Å². The number of amides is 4. The van der Waals surface area contributed by atoms with Crippen LogP contribution in [0.3, 0.4) is 0 Å². The molecule has 2 atom stereocenters. The number of hydroxylamine groups is 1. The van der Waals surface area contributed by atoms with Crippen LogP contribution in [-0.4, -0.2) is 77.8 Å². The molecule has 4 amide bonds. The Bertz CT molecular complexity index is 1170. The Morgan fingerprint density at radius 3 is 2.27 bits per heavy atom. The molecule has 0 aliphatic carbocycles. The van der Waals surface area contributed by atoms with Crippen molar-refractivity contribution in [2.24, 2.45) is 0 Å². The van der Waals surface area contributed by atoms with Crippen LogP contribution in [0.2, 0.25) is 0 Å². The van der Waals surface area contributed by atoms with Gasteiger partial charge in [0.15, 0.2) is 0 Å². The molecule has 2 aliphatic rings. The summed E-state index contributed by atoms with van der Waals surface area (Å²) in [6, 6.07) is 11.9. The molecule has 2 aromatic carbocycles. The first-order chi connectivity index (χ1) is 15.7. The molecule has 2 aliphatic heterocycles. The lowest BCUT2D eigenvalue weighted by molar-refractivity contribution is -0.132. The number of hydrogen-bond donors (Lipinski definition) is 2. The second-order valence-electron chi connectivity index (χ2n) is 7.74. The van der Waals surface area contributed by atoms with Gasteiger partial charge in [-0.25, -0.2) is 18.7 Å². The van der Waals surface area contributed by atoms with E-state index in [-0.39, 0.29) is 24.4 Å². The number of imide groups is 1. The van der Waals surface area contributed by atoms with Crippen molar-refractivity contribution in [3.05, 3.63) is 54.6 Å². The zero-order valence-electron chi connectivity index (χ0n) is 17.6. The van der Waals surface area contributed by atoms with Crippen LogP contribution < -0.4 is 10.2 Å². The molecule has 0 spiro atoms. The van der Waals surface area contributed by atoms with Gasteiger partial charge in [0.1, 0.15) is 24.1 Å². The van der Waals surface area contributed by atoms with E-state index in [0.717, 1.165) is 9.21 Å². The predicted octanol–water partition coefficient (Wildman–Crippen LogP) is 1.01. The van der Waals surface area contributed by atoms with E-state index >= 15 is 0 Å². The van der Waals surface area contributed by atoms with Crippen LogP contribution in [0.4, 0.5) is 4.79 Å². The zero-order chi connectivity index (χ0) is 23.8. The summed E-state index contributed by atoms with van der Waals surface area (Å²) in [5.41, 5.74) is 1.48. The summed E-state index contributed by atoms with van der Waals surface area (Å²) in [6.07, 6.45) is -0.133. The topological polar surface area (TPSA) is 137 Å². The van der Waals surface area contributed by atoms with Crippen LogP contribution >= 0.6 is 0 Å². The molecule has 0 aromatic heterocycles. The third kappa shape index (κ3) is 4.27. The van der Waals surface area contributed by atoms with Crippen LogP contribution in [-0.2, 0) is 19.6 Å². The molecule has 33 heavy (non-hydrogen) atoms. The van der Waals surface area contributed by atoms with Crippen LogP contribution in [0.5, 0.6) is 11.5 Å². The summed E-state index contributed by atoms with van der Waals surface area (Å²) in [4.78, 5) is 39.0. The molecule has 2 fully saturated rings. The monoisotopic (exact) mass is 474 g/mol. The Balaban J connectivity index is 1.59. The van der Waals surface area contributed by atoms with Crippen molar-refractivity contribution in [3.63, 3.8) is 0 Å². The van der Waals surface area contributed by atoms with Gasteiger partial charge in [-0.05, 0) is 42.8 Å². The summed E-state index contributed by atoms with van der Waals surface area (Å²) < 4.78 is 33.3. The molecule has 11 nitrogen and oxygen atoms in total. The van der Waals surface area contributed by atoms with E-state index < -0.39 is 40.0 Å². The van der Waals surface area contributed by atoms with Gasteiger partial charge in [-0.15, -0.1) is 0 Å². The minimum atomic E-state index is -4.20. The number of carbonyl (C=O) groups is 3. The van der Waals surface area contributed by atoms with Gasteiger partial charge < -0.3 is 9.64 Å². The highest BCUT2D eigenvalue weighted by Crippen LogP contribution is 2.32. The fourth-order valence-electron chi connectivity index (χ4n) is 3.99. The third-order valence-electron chi connectivity index (χ3n) is 5.59. The molecule has 4 rings (SSSR count). The van der Waals surface area contributed by atoms with E-state index in [1.54, 1.807) is 24.3 Å². The van der Waals surface area contributed by atoms with Crippen LogP contribution in [0.1, 0.15) is 6.42 Å².